The van der Waals surface area contributed by atoms with Gasteiger partial charge in [-0.1, -0.05) is 30.3 Å². The molecular formula is C21H30N4. The molecule has 3 rings (SSSR count). The van der Waals surface area contributed by atoms with E-state index in [0.29, 0.717) is 0 Å². The number of hydrogen-bond acceptors (Lipinski definition) is 3. The first-order valence-corrected chi connectivity index (χ1v) is 9.27. The van der Waals surface area contributed by atoms with Gasteiger partial charge in [-0.15, -0.1) is 6.58 Å². The van der Waals surface area contributed by atoms with E-state index >= 15 is 0 Å². The zero-order chi connectivity index (χ0) is 17.6. The van der Waals surface area contributed by atoms with Gasteiger partial charge in [-0.05, 0) is 51.0 Å². The molecule has 1 fully saturated rings. The van der Waals surface area contributed by atoms with Crippen molar-refractivity contribution in [2.24, 2.45) is 0 Å². The molecule has 134 valence electrons. The smallest absolute Gasteiger partial charge is 0.0638 e. The zero-order valence-corrected chi connectivity index (χ0v) is 15.6. The van der Waals surface area contributed by atoms with Gasteiger partial charge in [-0.25, -0.2) is 0 Å². The van der Waals surface area contributed by atoms with E-state index < -0.39 is 0 Å². The highest BCUT2D eigenvalue weighted by molar-refractivity contribution is 5.27. The second kappa shape index (κ2) is 8.45. The van der Waals surface area contributed by atoms with Crippen LogP contribution in [0.25, 0.3) is 0 Å². The minimum atomic E-state index is 0.767. The molecule has 1 saturated heterocycles. The molecule has 2 heterocycles. The SMILES string of the molecule is C=CCn1cc(CN(C)Cc2ccccc2CN2CCCC2)c(C)n1. The maximum Gasteiger partial charge on any atom is 0.0638 e. The summed E-state index contributed by atoms with van der Waals surface area (Å²) in [6, 6.07) is 8.88. The zero-order valence-electron chi connectivity index (χ0n) is 15.6. The molecule has 0 bridgehead atoms. The molecular weight excluding hydrogens is 308 g/mol. The Labute approximate surface area is 151 Å². The maximum atomic E-state index is 4.56. The van der Waals surface area contributed by atoms with Gasteiger partial charge in [0.25, 0.3) is 0 Å². The molecule has 25 heavy (non-hydrogen) atoms. The van der Waals surface area contributed by atoms with E-state index in [9.17, 15) is 0 Å². The van der Waals surface area contributed by atoms with Crippen molar-refractivity contribution >= 4 is 0 Å². The van der Waals surface area contributed by atoms with Crippen molar-refractivity contribution in [1.29, 1.82) is 0 Å². The second-order valence-electron chi connectivity index (χ2n) is 7.17. The monoisotopic (exact) mass is 338 g/mol. The van der Waals surface area contributed by atoms with Crippen molar-refractivity contribution in [3.05, 3.63) is 65.5 Å². The molecule has 4 heteroatoms. The van der Waals surface area contributed by atoms with E-state index in [0.717, 1.165) is 31.9 Å². The molecule has 0 N–H and O–H groups in total. The highest BCUT2D eigenvalue weighted by Crippen LogP contribution is 2.18. The van der Waals surface area contributed by atoms with E-state index in [4.69, 9.17) is 0 Å². The van der Waals surface area contributed by atoms with Gasteiger partial charge in [0.05, 0.1) is 12.2 Å². The molecule has 0 spiro atoms. The van der Waals surface area contributed by atoms with Crippen LogP contribution in [-0.2, 0) is 26.2 Å². The second-order valence-corrected chi connectivity index (χ2v) is 7.17. The third-order valence-corrected chi connectivity index (χ3v) is 4.96. The molecule has 1 aromatic carbocycles. The molecule has 0 saturated carbocycles. The molecule has 0 radical (unpaired) electrons. The Kier molecular flexibility index (Phi) is 6.05. The van der Waals surface area contributed by atoms with Gasteiger partial charge in [0.1, 0.15) is 0 Å². The van der Waals surface area contributed by atoms with Crippen molar-refractivity contribution in [1.82, 2.24) is 19.6 Å². The highest BCUT2D eigenvalue weighted by atomic mass is 15.3. The Morgan fingerprint density at radius 3 is 2.52 bits per heavy atom. The van der Waals surface area contributed by atoms with Crippen LogP contribution < -0.4 is 0 Å². The average molecular weight is 338 g/mol. The Bertz CT molecular complexity index is 698. The minimum absolute atomic E-state index is 0.767. The summed E-state index contributed by atoms with van der Waals surface area (Å²) >= 11 is 0. The summed E-state index contributed by atoms with van der Waals surface area (Å²) in [6.07, 6.45) is 6.71. The summed E-state index contributed by atoms with van der Waals surface area (Å²) < 4.78 is 1.97. The van der Waals surface area contributed by atoms with Gasteiger partial charge in [0.15, 0.2) is 0 Å². The van der Waals surface area contributed by atoms with Gasteiger partial charge in [0, 0.05) is 31.4 Å². The molecule has 1 aromatic heterocycles. The van der Waals surface area contributed by atoms with Crippen LogP contribution in [0, 0.1) is 6.92 Å². The van der Waals surface area contributed by atoms with E-state index in [-0.39, 0.29) is 0 Å². The van der Waals surface area contributed by atoms with Crippen molar-refractivity contribution in [2.45, 2.75) is 45.9 Å². The first-order valence-electron chi connectivity index (χ1n) is 9.27. The van der Waals surface area contributed by atoms with Crippen LogP contribution >= 0.6 is 0 Å². The largest absolute Gasteiger partial charge is 0.299 e. The van der Waals surface area contributed by atoms with E-state index in [2.05, 4.69) is 65.9 Å². The lowest BCUT2D eigenvalue weighted by Gasteiger charge is -2.21. The lowest BCUT2D eigenvalue weighted by Crippen LogP contribution is -2.22. The number of aryl methyl sites for hydroxylation is 1. The number of allylic oxidation sites excluding steroid dienone is 1. The molecule has 0 unspecified atom stereocenters. The lowest BCUT2D eigenvalue weighted by molar-refractivity contribution is 0.306. The summed E-state index contributed by atoms with van der Waals surface area (Å²) in [4.78, 5) is 4.95. The van der Waals surface area contributed by atoms with Gasteiger partial charge < -0.3 is 0 Å². The Morgan fingerprint density at radius 2 is 1.80 bits per heavy atom. The predicted molar refractivity (Wildman–Crippen MR) is 103 cm³/mol. The lowest BCUT2D eigenvalue weighted by atomic mass is 10.1. The number of nitrogens with zero attached hydrogens (tertiary/aromatic N) is 4. The minimum Gasteiger partial charge on any atom is -0.299 e. The van der Waals surface area contributed by atoms with Crippen molar-refractivity contribution in [3.63, 3.8) is 0 Å². The standard InChI is InChI=1S/C21H30N4/c1-4-11-25-17-21(18(2)22-25)15-23(3)14-19-9-5-6-10-20(19)16-24-12-7-8-13-24/h4-6,9-10,17H,1,7-8,11-16H2,2-3H3. The Balaban J connectivity index is 1.64. The van der Waals surface area contributed by atoms with Crippen molar-refractivity contribution in [2.75, 3.05) is 20.1 Å². The van der Waals surface area contributed by atoms with Gasteiger partial charge in [-0.2, -0.15) is 5.10 Å². The van der Waals surface area contributed by atoms with Crippen LogP contribution in [0.3, 0.4) is 0 Å². The molecule has 4 nitrogen and oxygen atoms in total. The summed E-state index contributed by atoms with van der Waals surface area (Å²) in [5.74, 6) is 0. The van der Waals surface area contributed by atoms with Crippen LogP contribution in [0.1, 0.15) is 35.2 Å². The molecule has 0 amide bonds. The topological polar surface area (TPSA) is 24.3 Å². The number of rotatable bonds is 8. The van der Waals surface area contributed by atoms with Crippen LogP contribution in [0.5, 0.6) is 0 Å². The summed E-state index contributed by atoms with van der Waals surface area (Å²) in [5, 5.41) is 4.56. The molecule has 0 atom stereocenters. The third kappa shape index (κ3) is 4.80. The van der Waals surface area contributed by atoms with Crippen LogP contribution in [0.2, 0.25) is 0 Å². The average Bonchev–Trinajstić information content (AvgIpc) is 3.20. The van der Waals surface area contributed by atoms with E-state index in [1.807, 2.05) is 10.8 Å². The summed E-state index contributed by atoms with van der Waals surface area (Å²) in [7, 11) is 2.19. The van der Waals surface area contributed by atoms with Gasteiger partial charge >= 0.3 is 0 Å². The fraction of sp³-hybridized carbons (Fsp3) is 0.476. The van der Waals surface area contributed by atoms with Gasteiger partial charge in [0.2, 0.25) is 0 Å². The van der Waals surface area contributed by atoms with Crippen LogP contribution in [0.15, 0.2) is 43.1 Å². The first kappa shape index (κ1) is 17.9. The van der Waals surface area contributed by atoms with Gasteiger partial charge in [-0.3, -0.25) is 14.5 Å². The predicted octanol–water partition coefficient (Wildman–Crippen LogP) is 3.61. The van der Waals surface area contributed by atoms with Crippen molar-refractivity contribution < 1.29 is 0 Å². The Hall–Kier alpha value is -1.91. The fourth-order valence-corrected chi connectivity index (χ4v) is 3.63. The number of likely N-dealkylation sites (tertiary alicyclic amines) is 1. The number of hydrogen-bond donors (Lipinski definition) is 0. The maximum absolute atomic E-state index is 4.56. The molecule has 0 aliphatic carbocycles. The third-order valence-electron chi connectivity index (χ3n) is 4.96. The Morgan fingerprint density at radius 1 is 1.12 bits per heavy atom. The molecule has 1 aliphatic rings. The number of benzene rings is 1. The highest BCUT2D eigenvalue weighted by Gasteiger charge is 2.15. The van der Waals surface area contributed by atoms with E-state index in [1.54, 1.807) is 0 Å². The summed E-state index contributed by atoms with van der Waals surface area (Å²) in [6.45, 7) is 12.1. The molecule has 2 aromatic rings. The fourth-order valence-electron chi connectivity index (χ4n) is 3.63. The normalized spacial score (nSPS) is 15.2. The van der Waals surface area contributed by atoms with E-state index in [1.165, 1.54) is 42.6 Å². The number of aromatic nitrogens is 2. The van der Waals surface area contributed by atoms with Crippen LogP contribution in [-0.4, -0.2) is 39.7 Å². The molecule has 1 aliphatic heterocycles. The van der Waals surface area contributed by atoms with Crippen LogP contribution in [0.4, 0.5) is 0 Å². The first-order chi connectivity index (χ1) is 12.2. The summed E-state index contributed by atoms with van der Waals surface area (Å²) in [5.41, 5.74) is 5.31. The quantitative estimate of drug-likeness (QED) is 0.687. The van der Waals surface area contributed by atoms with Crippen molar-refractivity contribution in [3.8, 4) is 0 Å².